The van der Waals surface area contributed by atoms with E-state index >= 15 is 0 Å². The number of carbonyl (C=O) groups is 2. The van der Waals surface area contributed by atoms with Crippen LogP contribution in [0.4, 0.5) is 13.2 Å². The number of carbonyl (C=O) groups excluding carboxylic acids is 1. The van der Waals surface area contributed by atoms with Gasteiger partial charge >= 0.3 is 12.1 Å². The van der Waals surface area contributed by atoms with Crippen LogP contribution in [-0.2, 0) is 33.8 Å². The number of carboxylic acid groups (broad SMARTS) is 1. The van der Waals surface area contributed by atoms with E-state index in [-0.39, 0.29) is 35.3 Å². The molecule has 0 bridgehead atoms. The van der Waals surface area contributed by atoms with Crippen molar-refractivity contribution in [2.75, 3.05) is 0 Å². The lowest BCUT2D eigenvalue weighted by Gasteiger charge is -2.18. The molecule has 37 heavy (non-hydrogen) atoms. The molecule has 192 valence electrons. The van der Waals surface area contributed by atoms with E-state index in [1.165, 1.54) is 31.2 Å². The van der Waals surface area contributed by atoms with Crippen molar-refractivity contribution in [2.24, 2.45) is 0 Å². The van der Waals surface area contributed by atoms with Gasteiger partial charge in [0, 0.05) is 17.7 Å². The molecule has 1 aliphatic rings. The number of aliphatic carboxylic acids is 1. The first-order valence-electron chi connectivity index (χ1n) is 11.2. The van der Waals surface area contributed by atoms with E-state index in [1.54, 1.807) is 30.3 Å². The number of sulfonamides is 1. The third kappa shape index (κ3) is 5.81. The molecule has 1 unspecified atom stereocenters. The van der Waals surface area contributed by atoms with Crippen LogP contribution in [0.15, 0.2) is 71.6 Å². The largest absolute Gasteiger partial charge is 0.478 e. The fourth-order valence-corrected chi connectivity index (χ4v) is 5.91. The number of Topliss-reactive ketones (excluding diaryl/α,β-unsaturated/α-hetero) is 1. The Balaban J connectivity index is 1.64. The van der Waals surface area contributed by atoms with Crippen LogP contribution in [0.1, 0.15) is 39.5 Å². The Morgan fingerprint density at radius 1 is 1.00 bits per heavy atom. The molecule has 2 N–H and O–H groups in total. The van der Waals surface area contributed by atoms with Crippen LogP contribution in [0, 0.1) is 0 Å². The van der Waals surface area contributed by atoms with Gasteiger partial charge in [-0.25, -0.2) is 17.9 Å². The zero-order valence-corrected chi connectivity index (χ0v) is 20.4. The second kappa shape index (κ2) is 9.95. The summed E-state index contributed by atoms with van der Waals surface area (Å²) in [6, 6.07) is 13.6. The average Bonchev–Trinajstić information content (AvgIpc) is 3.22. The fraction of sp³-hybridized carbons (Fsp3) is 0.185. The zero-order chi connectivity index (χ0) is 27.0. The highest BCUT2D eigenvalue weighted by atomic mass is 32.2. The molecule has 0 amide bonds. The monoisotopic (exact) mass is 529 g/mol. The Labute approximate surface area is 211 Å². The Morgan fingerprint density at radius 3 is 2.38 bits per heavy atom. The van der Waals surface area contributed by atoms with E-state index in [4.69, 9.17) is 5.11 Å². The molecule has 0 aliphatic heterocycles. The van der Waals surface area contributed by atoms with E-state index in [2.05, 4.69) is 4.72 Å². The van der Waals surface area contributed by atoms with Crippen molar-refractivity contribution in [2.45, 2.75) is 36.9 Å². The molecule has 1 aliphatic carbocycles. The molecule has 0 spiro atoms. The number of hydrogen-bond acceptors (Lipinski definition) is 4. The van der Waals surface area contributed by atoms with Crippen molar-refractivity contribution in [3.8, 4) is 11.1 Å². The Bertz CT molecular complexity index is 1530. The predicted molar refractivity (Wildman–Crippen MR) is 132 cm³/mol. The van der Waals surface area contributed by atoms with Crippen LogP contribution in [0.2, 0.25) is 0 Å². The highest BCUT2D eigenvalue weighted by Gasteiger charge is 2.39. The molecule has 3 aromatic carbocycles. The normalized spacial score (nSPS) is 15.6. The number of fused-ring (bicyclic) bond motifs is 1. The average molecular weight is 530 g/mol. The smallest absolute Gasteiger partial charge is 0.417 e. The topological polar surface area (TPSA) is 101 Å². The molecule has 1 atom stereocenters. The van der Waals surface area contributed by atoms with Crippen LogP contribution in [0.25, 0.3) is 17.2 Å². The highest BCUT2D eigenvalue weighted by Crippen LogP contribution is 2.38. The van der Waals surface area contributed by atoms with E-state index in [0.29, 0.717) is 5.56 Å². The molecule has 0 fully saturated rings. The standard InChI is InChI=1S/C27H22F3NO5S/c1-16(32)22-4-2-3-5-23(22)19-9-10-25(24(15-19)27(28,29)30)37(35,36)31-21-13-18-8-6-17(7-11-26(33)34)12-20(18)14-21/h2-12,15,21,31H,13-14H2,1H3,(H,33,34). The van der Waals surface area contributed by atoms with Crippen LogP contribution < -0.4 is 4.72 Å². The lowest BCUT2D eigenvalue weighted by molar-refractivity contribution is -0.139. The van der Waals surface area contributed by atoms with Crippen LogP contribution in [0.3, 0.4) is 0 Å². The first-order chi connectivity index (χ1) is 17.3. The molecule has 0 radical (unpaired) electrons. The van der Waals surface area contributed by atoms with Gasteiger partial charge in [0.15, 0.2) is 5.78 Å². The maximum absolute atomic E-state index is 14.0. The molecule has 4 rings (SSSR count). The number of alkyl halides is 3. The summed E-state index contributed by atoms with van der Waals surface area (Å²) in [6.07, 6.45) is -2.05. The Kier molecular flexibility index (Phi) is 7.07. The van der Waals surface area contributed by atoms with Gasteiger partial charge < -0.3 is 5.11 Å². The van der Waals surface area contributed by atoms with Crippen molar-refractivity contribution in [3.05, 3.63) is 94.6 Å². The van der Waals surface area contributed by atoms with Gasteiger partial charge in [-0.1, -0.05) is 48.5 Å². The lowest BCUT2D eigenvalue weighted by atomic mass is 9.96. The highest BCUT2D eigenvalue weighted by molar-refractivity contribution is 7.89. The summed E-state index contributed by atoms with van der Waals surface area (Å²) < 4.78 is 70.7. The third-order valence-corrected chi connectivity index (χ3v) is 7.67. The van der Waals surface area contributed by atoms with Gasteiger partial charge in [-0.05, 0) is 65.8 Å². The molecule has 0 heterocycles. The molecular weight excluding hydrogens is 507 g/mol. The fourth-order valence-electron chi connectivity index (χ4n) is 4.47. The van der Waals surface area contributed by atoms with Gasteiger partial charge in [-0.3, -0.25) is 4.79 Å². The summed E-state index contributed by atoms with van der Waals surface area (Å²) in [5.41, 5.74) is 1.48. The molecule has 10 heteroatoms. The van der Waals surface area contributed by atoms with E-state index in [0.717, 1.165) is 29.3 Å². The number of rotatable bonds is 7. The Morgan fingerprint density at radius 2 is 1.70 bits per heavy atom. The Hall–Kier alpha value is -3.76. The van der Waals surface area contributed by atoms with Crippen molar-refractivity contribution < 1.29 is 36.3 Å². The first kappa shape index (κ1) is 26.3. The van der Waals surface area contributed by atoms with E-state index in [1.807, 2.05) is 0 Å². The maximum atomic E-state index is 14.0. The zero-order valence-electron chi connectivity index (χ0n) is 19.5. The van der Waals surface area contributed by atoms with Gasteiger partial charge in [-0.2, -0.15) is 13.2 Å². The molecule has 6 nitrogen and oxygen atoms in total. The number of ketones is 1. The number of hydrogen-bond donors (Lipinski definition) is 2. The number of benzene rings is 3. The second-order valence-corrected chi connectivity index (χ2v) is 10.4. The SMILES string of the molecule is CC(=O)c1ccccc1-c1ccc(S(=O)(=O)NC2Cc3ccc(C=CC(=O)O)cc3C2)c(C(F)(F)F)c1. The molecule has 0 saturated carbocycles. The molecular formula is C27H22F3NO5S. The summed E-state index contributed by atoms with van der Waals surface area (Å²) in [5, 5.41) is 8.79. The van der Waals surface area contributed by atoms with Gasteiger partial charge in [0.05, 0.1) is 10.5 Å². The third-order valence-electron chi connectivity index (χ3n) is 6.09. The molecule has 0 saturated heterocycles. The minimum absolute atomic E-state index is 0.0762. The molecule has 0 aromatic heterocycles. The quantitative estimate of drug-likeness (QED) is 0.327. The summed E-state index contributed by atoms with van der Waals surface area (Å²) in [4.78, 5) is 21.8. The van der Waals surface area contributed by atoms with E-state index < -0.39 is 38.7 Å². The van der Waals surface area contributed by atoms with Gasteiger partial charge in [0.2, 0.25) is 10.0 Å². The number of halogens is 3. The van der Waals surface area contributed by atoms with Gasteiger partial charge in [0.1, 0.15) is 0 Å². The van der Waals surface area contributed by atoms with E-state index in [9.17, 15) is 31.2 Å². The van der Waals surface area contributed by atoms with Crippen LogP contribution >= 0.6 is 0 Å². The molecule has 3 aromatic rings. The van der Waals surface area contributed by atoms with Gasteiger partial charge in [-0.15, -0.1) is 0 Å². The van der Waals surface area contributed by atoms with Crippen molar-refractivity contribution in [1.29, 1.82) is 0 Å². The lowest BCUT2D eigenvalue weighted by Crippen LogP contribution is -2.36. The summed E-state index contributed by atoms with van der Waals surface area (Å²) in [7, 11) is -4.56. The van der Waals surface area contributed by atoms with Crippen LogP contribution in [0.5, 0.6) is 0 Å². The summed E-state index contributed by atoms with van der Waals surface area (Å²) in [5.74, 6) is -1.44. The van der Waals surface area contributed by atoms with Crippen molar-refractivity contribution >= 4 is 27.9 Å². The minimum atomic E-state index is -4.96. The maximum Gasteiger partial charge on any atom is 0.417 e. The number of carboxylic acids is 1. The second-order valence-electron chi connectivity index (χ2n) is 8.74. The van der Waals surface area contributed by atoms with Crippen molar-refractivity contribution in [3.63, 3.8) is 0 Å². The minimum Gasteiger partial charge on any atom is -0.478 e. The number of nitrogens with one attached hydrogen (secondary N) is 1. The van der Waals surface area contributed by atoms with Crippen LogP contribution in [-0.4, -0.2) is 31.3 Å². The first-order valence-corrected chi connectivity index (χ1v) is 12.7. The van der Waals surface area contributed by atoms with Gasteiger partial charge in [0.25, 0.3) is 0 Å². The summed E-state index contributed by atoms with van der Waals surface area (Å²) in [6.45, 7) is 1.30. The summed E-state index contributed by atoms with van der Waals surface area (Å²) >= 11 is 0. The predicted octanol–water partition coefficient (Wildman–Crippen LogP) is 5.12. The van der Waals surface area contributed by atoms with Crippen molar-refractivity contribution in [1.82, 2.24) is 4.72 Å².